The second-order valence-electron chi connectivity index (χ2n) is 9.98. The Kier molecular flexibility index (Phi) is 9.59. The van der Waals surface area contributed by atoms with Gasteiger partial charge in [0, 0.05) is 23.4 Å². The van der Waals surface area contributed by atoms with Crippen LogP contribution < -0.4 is 14.2 Å². The molecular weight excluding hydrogens is 542 g/mol. The van der Waals surface area contributed by atoms with Gasteiger partial charge in [-0.2, -0.15) is 0 Å². The second-order valence-corrected chi connectivity index (χ2v) is 9.98. The molecule has 0 aliphatic carbocycles. The number of ether oxygens (including phenoxy) is 4. The molecule has 2 heterocycles. The number of hydrogen-bond acceptors (Lipinski definition) is 8. The van der Waals surface area contributed by atoms with Crippen molar-refractivity contribution in [1.82, 2.24) is 9.88 Å². The molecule has 5 rings (SSSR count). The first-order valence-electron chi connectivity index (χ1n) is 14.4. The van der Waals surface area contributed by atoms with Gasteiger partial charge in [-0.1, -0.05) is 49.0 Å². The summed E-state index contributed by atoms with van der Waals surface area (Å²) in [6.45, 7) is 9.27. The normalized spacial score (nSPS) is 14.0. The number of aromatic nitrogens is 1. The third kappa shape index (κ3) is 6.98. The van der Waals surface area contributed by atoms with Crippen LogP contribution in [0.1, 0.15) is 48.0 Å². The maximum Gasteiger partial charge on any atom is 0.156 e. The fraction of sp³-hybridized carbons (Fsp3) is 0.257. The van der Waals surface area contributed by atoms with Crippen LogP contribution in [0.2, 0.25) is 0 Å². The molecule has 1 aliphatic rings. The number of pyridine rings is 1. The third-order valence-electron chi connectivity index (χ3n) is 7.14. The number of aliphatic hydroxyl groups is 1. The van der Waals surface area contributed by atoms with E-state index >= 15 is 0 Å². The van der Waals surface area contributed by atoms with Crippen molar-refractivity contribution in [2.24, 2.45) is 4.99 Å². The van der Waals surface area contributed by atoms with E-state index in [1.165, 1.54) is 11.1 Å². The van der Waals surface area contributed by atoms with Crippen LogP contribution in [0.4, 0.5) is 5.69 Å². The summed E-state index contributed by atoms with van der Waals surface area (Å²) in [5.74, 6) is 2.99. The number of rotatable bonds is 13. The van der Waals surface area contributed by atoms with Crippen LogP contribution in [0.15, 0.2) is 96.6 Å². The minimum Gasteiger partial charge on any atom is -0.496 e. The Labute approximate surface area is 252 Å². The Hall–Kier alpha value is -4.82. The zero-order valence-electron chi connectivity index (χ0n) is 24.8. The van der Waals surface area contributed by atoms with Gasteiger partial charge in [-0.15, -0.1) is 0 Å². The fourth-order valence-corrected chi connectivity index (χ4v) is 5.02. The quantitative estimate of drug-likeness (QED) is 0.176. The Balaban J connectivity index is 1.43. The lowest BCUT2D eigenvalue weighted by atomic mass is 10.1. The van der Waals surface area contributed by atoms with E-state index in [4.69, 9.17) is 23.9 Å². The van der Waals surface area contributed by atoms with Crippen molar-refractivity contribution >= 4 is 17.3 Å². The lowest BCUT2D eigenvalue weighted by molar-refractivity contribution is 0.0413. The highest BCUT2D eigenvalue weighted by Crippen LogP contribution is 2.39. The molecule has 222 valence electrons. The van der Waals surface area contributed by atoms with Crippen LogP contribution >= 0.6 is 0 Å². The maximum absolute atomic E-state index is 11.7. The fourth-order valence-electron chi connectivity index (χ4n) is 5.02. The molecule has 0 bridgehead atoms. The van der Waals surface area contributed by atoms with Crippen molar-refractivity contribution < 1.29 is 24.1 Å². The summed E-state index contributed by atoms with van der Waals surface area (Å²) in [5.41, 5.74) is 4.90. The van der Waals surface area contributed by atoms with Crippen molar-refractivity contribution in [2.75, 3.05) is 26.9 Å². The number of benzene rings is 3. The zero-order chi connectivity index (χ0) is 30.2. The van der Waals surface area contributed by atoms with Gasteiger partial charge < -0.3 is 29.0 Å². The van der Waals surface area contributed by atoms with E-state index in [1.54, 1.807) is 24.3 Å². The molecule has 0 fully saturated rings. The number of aliphatic hydroxyl groups excluding tert-OH is 1. The van der Waals surface area contributed by atoms with Gasteiger partial charge in [-0.3, -0.25) is 4.98 Å². The van der Waals surface area contributed by atoms with Crippen LogP contribution in [0.5, 0.6) is 17.2 Å². The van der Waals surface area contributed by atoms with Gasteiger partial charge in [0.1, 0.15) is 46.8 Å². The van der Waals surface area contributed by atoms with Gasteiger partial charge in [-0.05, 0) is 61.7 Å². The zero-order valence-corrected chi connectivity index (χ0v) is 24.8. The highest BCUT2D eigenvalue weighted by atomic mass is 16.5. The molecule has 1 atom stereocenters. The molecule has 0 radical (unpaired) electrons. The maximum atomic E-state index is 11.7. The van der Waals surface area contributed by atoms with Gasteiger partial charge in [0.25, 0.3) is 0 Å². The topological polar surface area (TPSA) is 85.6 Å². The largest absolute Gasteiger partial charge is 0.496 e. The molecule has 8 heteroatoms. The van der Waals surface area contributed by atoms with Crippen molar-refractivity contribution in [1.29, 1.82) is 0 Å². The van der Waals surface area contributed by atoms with Gasteiger partial charge in [-0.25, -0.2) is 4.99 Å². The average molecular weight is 580 g/mol. The first kappa shape index (κ1) is 29.7. The molecule has 1 N–H and O–H groups in total. The smallest absolute Gasteiger partial charge is 0.156 e. The predicted octanol–water partition coefficient (Wildman–Crippen LogP) is 6.70. The molecule has 3 aromatic carbocycles. The van der Waals surface area contributed by atoms with E-state index in [-0.39, 0.29) is 6.61 Å². The van der Waals surface area contributed by atoms with Crippen LogP contribution in [0.3, 0.4) is 0 Å². The molecule has 1 aliphatic heterocycles. The third-order valence-corrected chi connectivity index (χ3v) is 7.14. The first-order valence-corrected chi connectivity index (χ1v) is 14.4. The highest BCUT2D eigenvalue weighted by molar-refractivity contribution is 5.90. The Morgan fingerprint density at radius 1 is 0.907 bits per heavy atom. The monoisotopic (exact) mass is 579 g/mol. The van der Waals surface area contributed by atoms with Crippen molar-refractivity contribution in [3.8, 4) is 17.2 Å². The Morgan fingerprint density at radius 3 is 2.37 bits per heavy atom. The number of hydrogen-bond donors (Lipinski definition) is 1. The molecular formula is C35H37N3O5. The molecule has 0 saturated carbocycles. The van der Waals surface area contributed by atoms with E-state index in [1.807, 2.05) is 62.4 Å². The molecule has 0 amide bonds. The number of amidine groups is 1. The van der Waals surface area contributed by atoms with Gasteiger partial charge in [0.2, 0.25) is 0 Å². The molecule has 4 aromatic rings. The Morgan fingerprint density at radius 2 is 1.65 bits per heavy atom. The van der Waals surface area contributed by atoms with Gasteiger partial charge in [0.05, 0.1) is 26.9 Å². The lowest BCUT2D eigenvalue weighted by Crippen LogP contribution is -2.40. The Bertz CT molecular complexity index is 1570. The summed E-state index contributed by atoms with van der Waals surface area (Å²) in [4.78, 5) is 11.2. The molecule has 1 aromatic heterocycles. The van der Waals surface area contributed by atoms with E-state index in [9.17, 15) is 5.11 Å². The summed E-state index contributed by atoms with van der Waals surface area (Å²) in [6, 6.07) is 25.8. The molecule has 1 unspecified atom stereocenters. The highest BCUT2D eigenvalue weighted by Gasteiger charge is 2.32. The standard InChI is InChI=1S/C35H37N3O5/c1-5-41-24(3)33-34-30(18-19-36-33)35(39)38(22-27-14-17-29(42-6-2)21-31(27)40-4)32(37-34)23-43-28-15-12-26(13-16-28)20-25-10-8-7-9-11-25/h7-19,21,35,39H,3,5-6,20,22-23H2,1-2,4H3. The number of fused-ring (bicyclic) bond motifs is 1. The van der Waals surface area contributed by atoms with Gasteiger partial charge in [0.15, 0.2) is 6.23 Å². The minimum atomic E-state index is -1.02. The summed E-state index contributed by atoms with van der Waals surface area (Å²) in [6.07, 6.45) is 1.45. The lowest BCUT2D eigenvalue weighted by Gasteiger charge is -2.36. The van der Waals surface area contributed by atoms with Crippen LogP contribution in [0.25, 0.3) is 5.76 Å². The minimum absolute atomic E-state index is 0.114. The van der Waals surface area contributed by atoms with Crippen molar-refractivity contribution in [3.63, 3.8) is 0 Å². The summed E-state index contributed by atoms with van der Waals surface area (Å²) in [5, 5.41) is 11.7. The summed E-state index contributed by atoms with van der Waals surface area (Å²) >= 11 is 0. The summed E-state index contributed by atoms with van der Waals surface area (Å²) in [7, 11) is 1.62. The van der Waals surface area contributed by atoms with Gasteiger partial charge >= 0.3 is 0 Å². The summed E-state index contributed by atoms with van der Waals surface area (Å²) < 4.78 is 23.2. The average Bonchev–Trinajstić information content (AvgIpc) is 3.03. The van der Waals surface area contributed by atoms with E-state index in [2.05, 4.69) is 35.8 Å². The number of aliphatic imine (C=N–C) groups is 1. The van der Waals surface area contributed by atoms with E-state index in [0.29, 0.717) is 65.5 Å². The number of nitrogens with zero attached hydrogens (tertiary/aromatic N) is 3. The molecule has 0 saturated heterocycles. The van der Waals surface area contributed by atoms with Crippen molar-refractivity contribution in [2.45, 2.75) is 33.0 Å². The van der Waals surface area contributed by atoms with E-state index < -0.39 is 6.23 Å². The molecule has 8 nitrogen and oxygen atoms in total. The van der Waals surface area contributed by atoms with E-state index in [0.717, 1.165) is 12.0 Å². The second kappa shape index (κ2) is 13.9. The van der Waals surface area contributed by atoms with Crippen LogP contribution in [-0.2, 0) is 17.7 Å². The van der Waals surface area contributed by atoms with Crippen LogP contribution in [-0.4, -0.2) is 47.8 Å². The molecule has 43 heavy (non-hydrogen) atoms. The SMILES string of the molecule is C=C(OCC)c1nccc2c1N=C(COc1ccc(Cc3ccccc3)cc1)N(Cc1ccc(OCC)cc1OC)C2O. The predicted molar refractivity (Wildman–Crippen MR) is 168 cm³/mol. The number of methoxy groups -OCH3 is 1. The first-order chi connectivity index (χ1) is 21.0. The molecule has 0 spiro atoms. The van der Waals surface area contributed by atoms with Crippen LogP contribution in [0, 0.1) is 0 Å². The van der Waals surface area contributed by atoms with Crippen molar-refractivity contribution in [3.05, 3.63) is 120 Å².